The maximum atomic E-state index is 14.0. The Morgan fingerprint density at radius 2 is 1.75 bits per heavy atom. The van der Waals surface area contributed by atoms with Crippen LogP contribution in [0.15, 0.2) is 71.3 Å². The number of hydrogen-bond acceptors (Lipinski definition) is 2. The van der Waals surface area contributed by atoms with Gasteiger partial charge in [0.15, 0.2) is 0 Å². The van der Waals surface area contributed by atoms with Crippen LogP contribution in [-0.4, -0.2) is 10.8 Å². The molecule has 24 heavy (non-hydrogen) atoms. The summed E-state index contributed by atoms with van der Waals surface area (Å²) in [7, 11) is 0. The Labute approximate surface area is 138 Å². The van der Waals surface area contributed by atoms with E-state index in [2.05, 4.69) is 0 Å². The first-order chi connectivity index (χ1) is 11.6. The molecule has 0 bridgehead atoms. The number of carbonyl (C=O) groups is 1. The van der Waals surface area contributed by atoms with Gasteiger partial charge in [-0.15, -0.1) is 0 Å². The first-order valence-corrected chi connectivity index (χ1v) is 7.44. The molecule has 5 heteroatoms. The predicted molar refractivity (Wildman–Crippen MR) is 85.1 cm³/mol. The van der Waals surface area contributed by atoms with Crippen molar-refractivity contribution in [3.63, 3.8) is 0 Å². The fourth-order valence-corrected chi connectivity index (χ4v) is 2.43. The van der Waals surface area contributed by atoms with Crippen LogP contribution in [0.1, 0.15) is 21.7 Å². The van der Waals surface area contributed by atoms with E-state index in [0.29, 0.717) is 5.76 Å². The summed E-state index contributed by atoms with van der Waals surface area (Å²) >= 11 is 0. The second-order valence-electron chi connectivity index (χ2n) is 5.35. The molecule has 0 radical (unpaired) electrons. The van der Waals surface area contributed by atoms with E-state index >= 15 is 0 Å². The Bertz CT molecular complexity index is 817. The van der Waals surface area contributed by atoms with Gasteiger partial charge in [-0.05, 0) is 35.9 Å². The number of rotatable bonds is 5. The minimum atomic E-state index is -0.751. The molecule has 3 nitrogen and oxygen atoms in total. The van der Waals surface area contributed by atoms with E-state index in [1.54, 1.807) is 12.1 Å². The van der Waals surface area contributed by atoms with Gasteiger partial charge in [0, 0.05) is 6.54 Å². The molecule has 3 aromatic rings. The summed E-state index contributed by atoms with van der Waals surface area (Å²) in [5.74, 6) is -1.43. The van der Waals surface area contributed by atoms with Crippen LogP contribution in [0.3, 0.4) is 0 Å². The van der Waals surface area contributed by atoms with E-state index < -0.39 is 17.5 Å². The van der Waals surface area contributed by atoms with Gasteiger partial charge in [-0.25, -0.2) is 8.78 Å². The van der Waals surface area contributed by atoms with Gasteiger partial charge in [-0.2, -0.15) is 0 Å². The first kappa shape index (κ1) is 15.9. The molecule has 1 amide bonds. The van der Waals surface area contributed by atoms with Crippen LogP contribution >= 0.6 is 0 Å². The lowest BCUT2D eigenvalue weighted by Gasteiger charge is -2.22. The second kappa shape index (κ2) is 7.08. The van der Waals surface area contributed by atoms with Crippen molar-refractivity contribution in [2.45, 2.75) is 13.1 Å². The quantitative estimate of drug-likeness (QED) is 0.696. The van der Waals surface area contributed by atoms with Crippen molar-refractivity contribution in [1.29, 1.82) is 0 Å². The Morgan fingerprint density at radius 1 is 0.958 bits per heavy atom. The Hall–Kier alpha value is -2.95. The van der Waals surface area contributed by atoms with Crippen molar-refractivity contribution in [3.8, 4) is 0 Å². The number of nitrogens with zero attached hydrogens (tertiary/aromatic N) is 1. The maximum absolute atomic E-state index is 14.0. The van der Waals surface area contributed by atoms with Crippen molar-refractivity contribution in [1.82, 2.24) is 4.90 Å². The van der Waals surface area contributed by atoms with E-state index in [0.717, 1.165) is 23.8 Å². The van der Waals surface area contributed by atoms with Crippen LogP contribution in [0, 0.1) is 11.6 Å². The third-order valence-corrected chi connectivity index (χ3v) is 3.59. The maximum Gasteiger partial charge on any atom is 0.257 e. The van der Waals surface area contributed by atoms with E-state index in [4.69, 9.17) is 4.42 Å². The molecule has 0 saturated heterocycles. The van der Waals surface area contributed by atoms with Crippen molar-refractivity contribution >= 4 is 5.91 Å². The Kier molecular flexibility index (Phi) is 4.70. The van der Waals surface area contributed by atoms with Crippen LogP contribution < -0.4 is 0 Å². The van der Waals surface area contributed by atoms with E-state index in [1.807, 2.05) is 30.3 Å². The highest BCUT2D eigenvalue weighted by Crippen LogP contribution is 2.17. The highest BCUT2D eigenvalue weighted by Gasteiger charge is 2.21. The number of hydrogen-bond donors (Lipinski definition) is 0. The monoisotopic (exact) mass is 327 g/mol. The van der Waals surface area contributed by atoms with E-state index in [1.165, 1.54) is 11.2 Å². The van der Waals surface area contributed by atoms with Gasteiger partial charge in [-0.3, -0.25) is 4.79 Å². The lowest BCUT2D eigenvalue weighted by atomic mass is 10.1. The van der Waals surface area contributed by atoms with Crippen LogP contribution in [0.25, 0.3) is 0 Å². The highest BCUT2D eigenvalue weighted by atomic mass is 19.1. The van der Waals surface area contributed by atoms with Crippen molar-refractivity contribution in [3.05, 3.63) is 95.4 Å². The summed E-state index contributed by atoms with van der Waals surface area (Å²) < 4.78 is 32.7. The fourth-order valence-electron chi connectivity index (χ4n) is 2.43. The zero-order valence-electron chi connectivity index (χ0n) is 12.8. The van der Waals surface area contributed by atoms with Gasteiger partial charge in [0.05, 0.1) is 18.4 Å². The number of amides is 1. The van der Waals surface area contributed by atoms with Gasteiger partial charge < -0.3 is 9.32 Å². The molecule has 0 fully saturated rings. The third-order valence-electron chi connectivity index (χ3n) is 3.59. The van der Waals surface area contributed by atoms with Gasteiger partial charge in [0.2, 0.25) is 0 Å². The molecule has 0 aliphatic heterocycles. The minimum Gasteiger partial charge on any atom is -0.467 e. The molecule has 0 aliphatic carbocycles. The number of benzene rings is 2. The van der Waals surface area contributed by atoms with Crippen molar-refractivity contribution in [2.24, 2.45) is 0 Å². The zero-order valence-corrected chi connectivity index (χ0v) is 12.8. The van der Waals surface area contributed by atoms with Crippen molar-refractivity contribution in [2.75, 3.05) is 0 Å². The SMILES string of the molecule is O=C(c1cc(F)ccc1F)N(Cc1ccccc1)Cc1ccco1. The summed E-state index contributed by atoms with van der Waals surface area (Å²) in [6, 6.07) is 15.6. The van der Waals surface area contributed by atoms with Gasteiger partial charge in [0.1, 0.15) is 17.4 Å². The molecule has 2 aromatic carbocycles. The molecule has 3 rings (SSSR count). The fraction of sp³-hybridized carbons (Fsp3) is 0.105. The lowest BCUT2D eigenvalue weighted by molar-refractivity contribution is 0.0712. The molecule has 0 unspecified atom stereocenters. The summed E-state index contributed by atoms with van der Waals surface area (Å²) in [4.78, 5) is 14.1. The molecular formula is C19H15F2NO2. The van der Waals surface area contributed by atoms with E-state index in [-0.39, 0.29) is 18.7 Å². The summed E-state index contributed by atoms with van der Waals surface area (Å²) in [6.45, 7) is 0.424. The number of carbonyl (C=O) groups excluding carboxylic acids is 1. The molecule has 1 heterocycles. The summed E-state index contributed by atoms with van der Waals surface area (Å²) in [5.41, 5.74) is 0.590. The highest BCUT2D eigenvalue weighted by molar-refractivity contribution is 5.94. The van der Waals surface area contributed by atoms with Crippen LogP contribution in [0.2, 0.25) is 0 Å². The number of halogens is 2. The molecule has 0 N–H and O–H groups in total. The average molecular weight is 327 g/mol. The van der Waals surface area contributed by atoms with Crippen LogP contribution in [0.5, 0.6) is 0 Å². The molecule has 0 atom stereocenters. The van der Waals surface area contributed by atoms with Crippen LogP contribution in [-0.2, 0) is 13.1 Å². The lowest BCUT2D eigenvalue weighted by Crippen LogP contribution is -2.30. The molecule has 122 valence electrons. The molecule has 0 saturated carbocycles. The summed E-state index contributed by atoms with van der Waals surface area (Å²) in [6.07, 6.45) is 1.50. The third kappa shape index (κ3) is 3.68. The smallest absolute Gasteiger partial charge is 0.257 e. The Morgan fingerprint density at radius 3 is 2.46 bits per heavy atom. The van der Waals surface area contributed by atoms with Gasteiger partial charge in [-0.1, -0.05) is 30.3 Å². The second-order valence-corrected chi connectivity index (χ2v) is 5.35. The Balaban J connectivity index is 1.90. The molecule has 0 aliphatic rings. The molecular weight excluding hydrogens is 312 g/mol. The predicted octanol–water partition coefficient (Wildman–Crippen LogP) is 4.40. The largest absolute Gasteiger partial charge is 0.467 e. The normalized spacial score (nSPS) is 10.6. The topological polar surface area (TPSA) is 33.5 Å². The zero-order chi connectivity index (χ0) is 16.9. The molecule has 0 spiro atoms. The van der Waals surface area contributed by atoms with Crippen LogP contribution in [0.4, 0.5) is 8.78 Å². The average Bonchev–Trinajstić information content (AvgIpc) is 3.10. The van der Waals surface area contributed by atoms with Crippen molar-refractivity contribution < 1.29 is 18.0 Å². The summed E-state index contributed by atoms with van der Waals surface area (Å²) in [5, 5.41) is 0. The van der Waals surface area contributed by atoms with Gasteiger partial charge in [0.25, 0.3) is 5.91 Å². The van der Waals surface area contributed by atoms with Gasteiger partial charge >= 0.3 is 0 Å². The first-order valence-electron chi connectivity index (χ1n) is 7.44. The van der Waals surface area contributed by atoms with E-state index in [9.17, 15) is 13.6 Å². The standard InChI is InChI=1S/C19H15F2NO2/c20-15-8-9-18(21)17(11-15)19(23)22(13-16-7-4-10-24-16)12-14-5-2-1-3-6-14/h1-11H,12-13H2. The molecule has 1 aromatic heterocycles. The number of furan rings is 1. The minimum absolute atomic E-state index is 0.163.